The minimum Gasteiger partial charge on any atom is -0.490 e. The van der Waals surface area contributed by atoms with E-state index < -0.39 is 11.6 Å². The molecule has 3 heteroatoms. The van der Waals surface area contributed by atoms with Gasteiger partial charge in [0.1, 0.15) is 0 Å². The van der Waals surface area contributed by atoms with Gasteiger partial charge in [0.25, 0.3) is 0 Å². The highest BCUT2D eigenvalue weighted by molar-refractivity contribution is 5.33. The third-order valence-corrected chi connectivity index (χ3v) is 4.52. The van der Waals surface area contributed by atoms with Crippen LogP contribution in [0.25, 0.3) is 0 Å². The van der Waals surface area contributed by atoms with E-state index in [1.165, 1.54) is 12.8 Å². The van der Waals surface area contributed by atoms with Crippen LogP contribution < -0.4 is 4.74 Å². The lowest BCUT2D eigenvalue weighted by Crippen LogP contribution is -2.15. The first-order valence-corrected chi connectivity index (χ1v) is 8.28. The molecular weight excluding hydrogens is 270 g/mol. The van der Waals surface area contributed by atoms with Crippen molar-refractivity contribution in [3.05, 3.63) is 29.3 Å². The van der Waals surface area contributed by atoms with Crippen molar-refractivity contribution < 1.29 is 13.5 Å². The molecule has 0 bridgehead atoms. The van der Waals surface area contributed by atoms with Gasteiger partial charge < -0.3 is 4.74 Å². The first-order valence-electron chi connectivity index (χ1n) is 8.28. The van der Waals surface area contributed by atoms with E-state index in [1.54, 1.807) is 12.1 Å². The smallest absolute Gasteiger partial charge is 0.200 e. The summed E-state index contributed by atoms with van der Waals surface area (Å²) in [5.74, 6) is -0.559. The Bertz CT molecular complexity index is 451. The van der Waals surface area contributed by atoms with E-state index in [9.17, 15) is 8.78 Å². The summed E-state index contributed by atoms with van der Waals surface area (Å²) in [6.07, 6.45) is 7.45. The summed E-state index contributed by atoms with van der Waals surface area (Å²) >= 11 is 0. The molecule has 1 aliphatic rings. The Morgan fingerprint density at radius 1 is 1.00 bits per heavy atom. The average molecular weight is 296 g/mol. The van der Waals surface area contributed by atoms with Crippen LogP contribution in [0, 0.1) is 17.6 Å². The molecule has 1 nitrogen and oxygen atoms in total. The fourth-order valence-corrected chi connectivity index (χ4v) is 3.36. The van der Waals surface area contributed by atoms with E-state index in [-0.39, 0.29) is 11.7 Å². The molecule has 118 valence electrons. The van der Waals surface area contributed by atoms with Gasteiger partial charge >= 0.3 is 0 Å². The second-order valence-corrected chi connectivity index (χ2v) is 6.14. The SMILES string of the molecule is CCCOc1ccc([C@H]2CC[C@H](CCC)CC2)c(F)c1F. The molecule has 0 saturated heterocycles. The molecule has 1 aliphatic carbocycles. The molecule has 0 radical (unpaired) electrons. The van der Waals surface area contributed by atoms with Crippen LogP contribution in [0.3, 0.4) is 0 Å². The summed E-state index contributed by atoms with van der Waals surface area (Å²) < 4.78 is 33.5. The van der Waals surface area contributed by atoms with Gasteiger partial charge in [0, 0.05) is 0 Å². The van der Waals surface area contributed by atoms with Gasteiger partial charge in [-0.25, -0.2) is 4.39 Å². The van der Waals surface area contributed by atoms with E-state index in [0.717, 1.165) is 38.0 Å². The molecular formula is C18H26F2O. The Morgan fingerprint density at radius 2 is 1.71 bits per heavy atom. The predicted molar refractivity (Wildman–Crippen MR) is 81.8 cm³/mol. The average Bonchev–Trinajstić information content (AvgIpc) is 2.50. The van der Waals surface area contributed by atoms with Gasteiger partial charge in [-0.1, -0.05) is 32.8 Å². The van der Waals surface area contributed by atoms with Gasteiger partial charge in [0.15, 0.2) is 11.6 Å². The zero-order valence-corrected chi connectivity index (χ0v) is 13.1. The number of rotatable bonds is 6. The highest BCUT2D eigenvalue weighted by atomic mass is 19.2. The number of ether oxygens (including phenoxy) is 1. The van der Waals surface area contributed by atoms with Gasteiger partial charge in [0.05, 0.1) is 6.61 Å². The monoisotopic (exact) mass is 296 g/mol. The lowest BCUT2D eigenvalue weighted by molar-refractivity contribution is 0.287. The summed E-state index contributed by atoms with van der Waals surface area (Å²) in [5, 5.41) is 0. The lowest BCUT2D eigenvalue weighted by Gasteiger charge is -2.29. The normalized spacial score (nSPS) is 22.3. The zero-order chi connectivity index (χ0) is 15.2. The highest BCUT2D eigenvalue weighted by Crippen LogP contribution is 2.39. The summed E-state index contributed by atoms with van der Waals surface area (Å²) in [7, 11) is 0. The zero-order valence-electron chi connectivity index (χ0n) is 13.1. The van der Waals surface area contributed by atoms with Gasteiger partial charge in [-0.2, -0.15) is 4.39 Å². The molecule has 0 spiro atoms. The molecule has 0 aliphatic heterocycles. The molecule has 2 rings (SSSR count). The third kappa shape index (κ3) is 3.96. The molecule has 1 aromatic carbocycles. The molecule has 1 saturated carbocycles. The maximum absolute atomic E-state index is 14.3. The Hall–Kier alpha value is -1.12. The topological polar surface area (TPSA) is 9.23 Å². The number of benzene rings is 1. The minimum atomic E-state index is -0.823. The quantitative estimate of drug-likeness (QED) is 0.642. The maximum atomic E-state index is 14.3. The van der Waals surface area contributed by atoms with Crippen LogP contribution in [-0.4, -0.2) is 6.61 Å². The minimum absolute atomic E-state index is 0.0396. The first kappa shape index (κ1) is 16.3. The van der Waals surface area contributed by atoms with Crippen molar-refractivity contribution >= 4 is 0 Å². The standard InChI is InChI=1S/C18H26F2O/c1-3-5-13-6-8-14(9-7-13)15-10-11-16(21-12-4-2)18(20)17(15)19/h10-11,13-14H,3-9,12H2,1-2H3/t13-,14-. The van der Waals surface area contributed by atoms with Crippen LogP contribution >= 0.6 is 0 Å². The largest absolute Gasteiger partial charge is 0.490 e. The van der Waals surface area contributed by atoms with E-state index in [0.29, 0.717) is 12.2 Å². The number of halogens is 2. The van der Waals surface area contributed by atoms with Crippen LogP contribution in [0.2, 0.25) is 0 Å². The van der Waals surface area contributed by atoms with Crippen molar-refractivity contribution in [1.29, 1.82) is 0 Å². The van der Waals surface area contributed by atoms with Crippen LogP contribution in [0.15, 0.2) is 12.1 Å². The van der Waals surface area contributed by atoms with Crippen molar-refractivity contribution in [2.75, 3.05) is 6.61 Å². The highest BCUT2D eigenvalue weighted by Gasteiger charge is 2.26. The van der Waals surface area contributed by atoms with Crippen molar-refractivity contribution in [1.82, 2.24) is 0 Å². The van der Waals surface area contributed by atoms with Crippen LogP contribution in [0.5, 0.6) is 5.75 Å². The molecule has 1 fully saturated rings. The molecule has 0 unspecified atom stereocenters. The van der Waals surface area contributed by atoms with Crippen LogP contribution in [0.1, 0.15) is 70.3 Å². The van der Waals surface area contributed by atoms with E-state index in [4.69, 9.17) is 4.74 Å². The third-order valence-electron chi connectivity index (χ3n) is 4.52. The Kier molecular flexibility index (Phi) is 6.01. The molecule has 21 heavy (non-hydrogen) atoms. The predicted octanol–water partition coefficient (Wildman–Crippen LogP) is 5.83. The maximum Gasteiger partial charge on any atom is 0.200 e. The molecule has 0 amide bonds. The lowest BCUT2D eigenvalue weighted by atomic mass is 9.77. The van der Waals surface area contributed by atoms with E-state index in [1.807, 2.05) is 6.92 Å². The van der Waals surface area contributed by atoms with E-state index in [2.05, 4.69) is 6.92 Å². The number of hydrogen-bond donors (Lipinski definition) is 0. The van der Waals surface area contributed by atoms with Crippen molar-refractivity contribution in [2.24, 2.45) is 5.92 Å². The van der Waals surface area contributed by atoms with Gasteiger partial charge in [-0.05, 0) is 55.6 Å². The van der Waals surface area contributed by atoms with Gasteiger partial charge in [0.2, 0.25) is 5.82 Å². The molecule has 1 aromatic rings. The van der Waals surface area contributed by atoms with Gasteiger partial charge in [-0.3, -0.25) is 0 Å². The summed E-state index contributed by atoms with van der Waals surface area (Å²) in [6.45, 7) is 4.56. The fourth-order valence-electron chi connectivity index (χ4n) is 3.36. The van der Waals surface area contributed by atoms with Crippen molar-refractivity contribution in [2.45, 2.75) is 64.7 Å². The molecule has 0 atom stereocenters. The molecule has 0 aromatic heterocycles. The van der Waals surface area contributed by atoms with Crippen LogP contribution in [-0.2, 0) is 0 Å². The first-order chi connectivity index (χ1) is 10.2. The second-order valence-electron chi connectivity index (χ2n) is 6.14. The Balaban J connectivity index is 2.06. The van der Waals surface area contributed by atoms with Gasteiger partial charge in [-0.15, -0.1) is 0 Å². The molecule has 0 heterocycles. The summed E-state index contributed by atoms with van der Waals surface area (Å²) in [4.78, 5) is 0. The Morgan fingerprint density at radius 3 is 2.33 bits per heavy atom. The summed E-state index contributed by atoms with van der Waals surface area (Å²) in [5.41, 5.74) is 0.534. The Labute approximate surface area is 126 Å². The number of hydrogen-bond acceptors (Lipinski definition) is 1. The fraction of sp³-hybridized carbons (Fsp3) is 0.667. The second kappa shape index (κ2) is 7.77. The molecule has 0 N–H and O–H groups in total. The van der Waals surface area contributed by atoms with Crippen molar-refractivity contribution in [3.63, 3.8) is 0 Å². The summed E-state index contributed by atoms with van der Waals surface area (Å²) in [6, 6.07) is 3.30. The van der Waals surface area contributed by atoms with Crippen LogP contribution in [0.4, 0.5) is 8.78 Å². The van der Waals surface area contributed by atoms with E-state index >= 15 is 0 Å². The van der Waals surface area contributed by atoms with Crippen molar-refractivity contribution in [3.8, 4) is 5.75 Å².